The Hall–Kier alpha value is -3.92. The van der Waals surface area contributed by atoms with E-state index in [1.54, 1.807) is 29.7 Å². The molecule has 2 aromatic carbocycles. The zero-order valence-electron chi connectivity index (χ0n) is 24.4. The summed E-state index contributed by atoms with van der Waals surface area (Å²) < 4.78 is 5.89. The Kier molecular flexibility index (Phi) is 9.74. The lowest BCUT2D eigenvalue weighted by molar-refractivity contribution is -0.145. The van der Waals surface area contributed by atoms with Crippen molar-refractivity contribution in [2.45, 2.75) is 26.0 Å². The summed E-state index contributed by atoms with van der Waals surface area (Å²) in [5.74, 6) is -0.0390. The van der Waals surface area contributed by atoms with E-state index in [4.69, 9.17) is 4.74 Å². The number of aromatic nitrogens is 2. The van der Waals surface area contributed by atoms with Crippen LogP contribution in [0.15, 0.2) is 78.4 Å². The number of nitrogens with zero attached hydrogens (tertiary/aromatic N) is 5. The first-order valence-electron chi connectivity index (χ1n) is 14.3. The lowest BCUT2D eigenvalue weighted by atomic mass is 9.99. The minimum absolute atomic E-state index is 0.0756. The van der Waals surface area contributed by atoms with Gasteiger partial charge in [0, 0.05) is 76.1 Å². The highest BCUT2D eigenvalue weighted by atomic mass is 32.1. The third-order valence-electron chi connectivity index (χ3n) is 7.51. The van der Waals surface area contributed by atoms with Crippen LogP contribution in [0.5, 0.6) is 0 Å². The molecule has 218 valence electrons. The molecule has 1 saturated heterocycles. The van der Waals surface area contributed by atoms with Gasteiger partial charge in [0.2, 0.25) is 0 Å². The fraction of sp³-hybridized carbons (Fsp3) is 0.333. The molecule has 4 aromatic rings. The first-order chi connectivity index (χ1) is 20.4. The van der Waals surface area contributed by atoms with Gasteiger partial charge in [-0.3, -0.25) is 14.6 Å². The molecule has 42 heavy (non-hydrogen) atoms. The molecule has 0 bridgehead atoms. The van der Waals surface area contributed by atoms with Gasteiger partial charge in [-0.25, -0.2) is 4.98 Å². The average molecular weight is 584 g/mol. The molecule has 2 amide bonds. The van der Waals surface area contributed by atoms with E-state index in [0.29, 0.717) is 25.3 Å². The van der Waals surface area contributed by atoms with E-state index in [2.05, 4.69) is 58.3 Å². The zero-order chi connectivity index (χ0) is 29.5. The lowest BCUT2D eigenvalue weighted by Crippen LogP contribution is -2.51. The highest BCUT2D eigenvalue weighted by Crippen LogP contribution is 2.25. The van der Waals surface area contributed by atoms with Gasteiger partial charge in [0.15, 0.2) is 0 Å². The molecule has 1 unspecified atom stereocenters. The van der Waals surface area contributed by atoms with Crippen molar-refractivity contribution in [2.75, 3.05) is 46.9 Å². The van der Waals surface area contributed by atoms with Crippen molar-refractivity contribution >= 4 is 23.2 Å². The summed E-state index contributed by atoms with van der Waals surface area (Å²) in [5, 5.41) is 2.61. The van der Waals surface area contributed by atoms with E-state index in [0.717, 1.165) is 59.0 Å². The van der Waals surface area contributed by atoms with Gasteiger partial charge in [0.25, 0.3) is 11.8 Å². The van der Waals surface area contributed by atoms with Gasteiger partial charge in [-0.05, 0) is 54.4 Å². The Morgan fingerprint density at radius 3 is 2.40 bits per heavy atom. The quantitative estimate of drug-likeness (QED) is 0.265. The molecule has 0 spiro atoms. The molecule has 1 atom stereocenters. The molecule has 1 aliphatic rings. The van der Waals surface area contributed by atoms with Gasteiger partial charge < -0.3 is 19.4 Å². The monoisotopic (exact) mass is 583 g/mol. The third-order valence-corrected chi connectivity index (χ3v) is 8.40. The molecule has 3 heterocycles. The Balaban J connectivity index is 1.21. The van der Waals surface area contributed by atoms with Crippen molar-refractivity contribution in [3.63, 3.8) is 0 Å². The van der Waals surface area contributed by atoms with Crippen LogP contribution >= 0.6 is 11.3 Å². The van der Waals surface area contributed by atoms with Crippen LogP contribution in [-0.4, -0.2) is 89.5 Å². The second-order valence-corrected chi connectivity index (χ2v) is 11.5. The zero-order valence-corrected chi connectivity index (χ0v) is 25.2. The SMILES string of the molecule is CCOC(Cc1ccc(-c2cccc(CN(C)C(=O)c3csc(-c4ccncc4)n3)c2)cc1)C(=O)N1CCN(C)CC1. The number of thiazole rings is 1. The number of benzene rings is 2. The number of hydrogen-bond donors (Lipinski definition) is 0. The molecule has 1 aliphatic heterocycles. The minimum atomic E-state index is -0.473. The predicted octanol–water partition coefficient (Wildman–Crippen LogP) is 4.87. The van der Waals surface area contributed by atoms with Gasteiger partial charge in [-0.15, -0.1) is 11.3 Å². The van der Waals surface area contributed by atoms with Crippen molar-refractivity contribution in [1.29, 1.82) is 0 Å². The number of carbonyl (C=O) groups excluding carboxylic acids is 2. The second kappa shape index (κ2) is 13.8. The summed E-state index contributed by atoms with van der Waals surface area (Å²) in [6.45, 7) is 6.16. The largest absolute Gasteiger partial charge is 0.368 e. The molecule has 0 aliphatic carbocycles. The normalized spacial score (nSPS) is 14.5. The number of hydrogen-bond acceptors (Lipinski definition) is 7. The number of carbonyl (C=O) groups is 2. The smallest absolute Gasteiger partial charge is 0.273 e. The Labute approximate surface area is 251 Å². The first-order valence-corrected chi connectivity index (χ1v) is 15.2. The number of rotatable bonds is 10. The van der Waals surface area contributed by atoms with Gasteiger partial charge in [0.1, 0.15) is 16.8 Å². The van der Waals surface area contributed by atoms with Gasteiger partial charge in [-0.2, -0.15) is 0 Å². The fourth-order valence-electron chi connectivity index (χ4n) is 5.09. The average Bonchev–Trinajstić information content (AvgIpc) is 3.52. The second-order valence-electron chi connectivity index (χ2n) is 10.6. The van der Waals surface area contributed by atoms with Gasteiger partial charge in [-0.1, -0.05) is 42.5 Å². The van der Waals surface area contributed by atoms with Crippen LogP contribution in [0, 0.1) is 0 Å². The lowest BCUT2D eigenvalue weighted by Gasteiger charge is -2.34. The van der Waals surface area contributed by atoms with Crippen molar-refractivity contribution in [3.05, 3.63) is 95.3 Å². The number of piperazine rings is 1. The first kappa shape index (κ1) is 29.6. The topological polar surface area (TPSA) is 78.9 Å². The molecule has 8 nitrogen and oxygen atoms in total. The minimum Gasteiger partial charge on any atom is -0.368 e. The van der Waals surface area contributed by atoms with Crippen LogP contribution in [0.1, 0.15) is 28.5 Å². The van der Waals surface area contributed by atoms with E-state index in [9.17, 15) is 9.59 Å². The molecule has 0 N–H and O–H groups in total. The summed E-state index contributed by atoms with van der Waals surface area (Å²) in [7, 11) is 3.88. The molecule has 1 fully saturated rings. The van der Waals surface area contributed by atoms with Crippen molar-refractivity contribution in [1.82, 2.24) is 24.7 Å². The maximum Gasteiger partial charge on any atom is 0.273 e. The van der Waals surface area contributed by atoms with Crippen LogP contribution in [-0.2, 0) is 22.5 Å². The van der Waals surface area contributed by atoms with Crippen LogP contribution in [0.3, 0.4) is 0 Å². The molecule has 5 rings (SSSR count). The molecule has 0 saturated carbocycles. The summed E-state index contributed by atoms with van der Waals surface area (Å²) in [4.78, 5) is 40.7. The number of pyridine rings is 1. The summed E-state index contributed by atoms with van der Waals surface area (Å²) in [5.41, 5.74) is 5.64. The Bertz CT molecular complexity index is 1480. The number of amides is 2. The van der Waals surface area contributed by atoms with Crippen molar-refractivity contribution in [3.8, 4) is 21.7 Å². The van der Waals surface area contributed by atoms with E-state index < -0.39 is 6.10 Å². The predicted molar refractivity (Wildman–Crippen MR) is 166 cm³/mol. The fourth-order valence-corrected chi connectivity index (χ4v) is 5.89. The highest BCUT2D eigenvalue weighted by molar-refractivity contribution is 7.13. The highest BCUT2D eigenvalue weighted by Gasteiger charge is 2.27. The maximum atomic E-state index is 13.2. The van der Waals surface area contributed by atoms with E-state index in [1.165, 1.54) is 11.3 Å². The summed E-state index contributed by atoms with van der Waals surface area (Å²) >= 11 is 1.45. The van der Waals surface area contributed by atoms with Crippen molar-refractivity contribution < 1.29 is 14.3 Å². The Morgan fingerprint density at radius 1 is 0.952 bits per heavy atom. The van der Waals surface area contributed by atoms with E-state index in [-0.39, 0.29) is 11.8 Å². The van der Waals surface area contributed by atoms with Crippen LogP contribution in [0.4, 0.5) is 0 Å². The standard InChI is InChI=1S/C33H37N5O3S/c1-4-41-30(33(40)38-18-16-36(2)17-19-38)21-24-8-10-26(11-9-24)28-7-5-6-25(20-28)22-37(3)32(39)29-23-42-31(35-29)27-12-14-34-15-13-27/h5-15,20,23,30H,4,16-19,21-22H2,1-3H3. The summed E-state index contributed by atoms with van der Waals surface area (Å²) in [6.07, 6.45) is 3.52. The molecular weight excluding hydrogens is 546 g/mol. The Morgan fingerprint density at radius 2 is 1.69 bits per heavy atom. The van der Waals surface area contributed by atoms with Gasteiger partial charge in [0.05, 0.1) is 0 Å². The molecular formula is C33H37N5O3S. The molecule has 0 radical (unpaired) electrons. The third kappa shape index (κ3) is 7.28. The van der Waals surface area contributed by atoms with Crippen molar-refractivity contribution in [2.24, 2.45) is 0 Å². The van der Waals surface area contributed by atoms with Crippen LogP contribution < -0.4 is 0 Å². The van der Waals surface area contributed by atoms with Crippen LogP contribution in [0.25, 0.3) is 21.7 Å². The van der Waals surface area contributed by atoms with Gasteiger partial charge >= 0.3 is 0 Å². The maximum absolute atomic E-state index is 13.2. The van der Waals surface area contributed by atoms with E-state index >= 15 is 0 Å². The number of ether oxygens (including phenoxy) is 1. The number of likely N-dealkylation sites (N-methyl/N-ethyl adjacent to an activating group) is 1. The van der Waals surface area contributed by atoms with Crippen LogP contribution in [0.2, 0.25) is 0 Å². The molecule has 2 aromatic heterocycles. The van der Waals surface area contributed by atoms with E-state index in [1.807, 2.05) is 36.1 Å². The molecule has 9 heteroatoms. The summed E-state index contributed by atoms with van der Waals surface area (Å²) in [6, 6.07) is 20.3.